The summed E-state index contributed by atoms with van der Waals surface area (Å²) in [4.78, 5) is 21.4. The molecule has 0 spiro atoms. The number of fused-ring (bicyclic) bond motifs is 2. The van der Waals surface area contributed by atoms with Gasteiger partial charge in [-0.3, -0.25) is 9.20 Å². The molecule has 1 unspecified atom stereocenters. The molecule has 3 aromatic carbocycles. The monoisotopic (exact) mass is 509 g/mol. The number of hydrogen-bond donors (Lipinski definition) is 0. The smallest absolute Gasteiger partial charge is 0.253 e. The van der Waals surface area contributed by atoms with Gasteiger partial charge < -0.3 is 9.64 Å². The third-order valence-electron chi connectivity index (χ3n) is 7.31. The number of hydrogen-bond acceptors (Lipinski definition) is 4. The van der Waals surface area contributed by atoms with E-state index < -0.39 is 0 Å². The average Bonchev–Trinajstić information content (AvgIpc) is 3.69. The van der Waals surface area contributed by atoms with E-state index in [1.165, 1.54) is 22.0 Å². The van der Waals surface area contributed by atoms with Crippen LogP contribution in [0.1, 0.15) is 41.4 Å². The molecule has 3 heterocycles. The maximum absolute atomic E-state index is 13.5. The van der Waals surface area contributed by atoms with Crippen molar-refractivity contribution >= 4 is 33.0 Å². The molecule has 0 saturated carbocycles. The predicted molar refractivity (Wildman–Crippen MR) is 150 cm³/mol. The Kier molecular flexibility index (Phi) is 6.77. The lowest BCUT2D eigenvalue weighted by atomic mass is 10.1. The van der Waals surface area contributed by atoms with Gasteiger partial charge in [0.2, 0.25) is 0 Å². The third kappa shape index (κ3) is 5.04. The Hall–Kier alpha value is -3.48. The Bertz CT molecular complexity index is 1530. The van der Waals surface area contributed by atoms with Gasteiger partial charge in [0.05, 0.1) is 11.8 Å². The van der Waals surface area contributed by atoms with Crippen molar-refractivity contribution in [1.29, 1.82) is 0 Å². The summed E-state index contributed by atoms with van der Waals surface area (Å²) >= 11 is 1.65. The van der Waals surface area contributed by atoms with Crippen molar-refractivity contribution < 1.29 is 9.53 Å². The second kappa shape index (κ2) is 10.5. The van der Waals surface area contributed by atoms with Gasteiger partial charge in [0, 0.05) is 54.5 Å². The first-order chi connectivity index (χ1) is 18.2. The van der Waals surface area contributed by atoms with E-state index >= 15 is 0 Å². The minimum atomic E-state index is 0.0760. The summed E-state index contributed by atoms with van der Waals surface area (Å²) in [6.07, 6.45) is 6.05. The summed E-state index contributed by atoms with van der Waals surface area (Å²) in [6.45, 7) is 4.19. The van der Waals surface area contributed by atoms with E-state index in [1.54, 1.807) is 11.3 Å². The standard InChI is InChI=1S/C31H31N3O2S/c1-2-22-9-11-24(12-10-22)30(35)33(19-28-8-5-17-36-28)16-15-27-21-37-31-32-29(20-34(27)31)26-14-13-23-6-3-4-7-25(23)18-26/h3-4,6-7,9-14,18,20-21,28H,2,5,8,15-17,19H2,1H3. The lowest BCUT2D eigenvalue weighted by Gasteiger charge is -2.25. The van der Waals surface area contributed by atoms with E-state index in [9.17, 15) is 4.79 Å². The highest BCUT2D eigenvalue weighted by atomic mass is 32.1. The summed E-state index contributed by atoms with van der Waals surface area (Å²) in [5, 5.41) is 4.61. The van der Waals surface area contributed by atoms with Crippen LogP contribution in [0.5, 0.6) is 0 Å². The fourth-order valence-corrected chi connectivity index (χ4v) is 6.03. The lowest BCUT2D eigenvalue weighted by molar-refractivity contribution is 0.0528. The second-order valence-corrected chi connectivity index (χ2v) is 10.6. The second-order valence-electron chi connectivity index (χ2n) is 9.75. The molecular weight excluding hydrogens is 478 g/mol. The fourth-order valence-electron chi connectivity index (χ4n) is 5.12. The van der Waals surface area contributed by atoms with Gasteiger partial charge in [-0.15, -0.1) is 11.3 Å². The molecule has 2 aromatic heterocycles. The van der Waals surface area contributed by atoms with E-state index in [0.29, 0.717) is 13.1 Å². The number of thiazole rings is 1. The minimum Gasteiger partial charge on any atom is -0.376 e. The third-order valence-corrected chi connectivity index (χ3v) is 8.20. The molecule has 6 heteroatoms. The highest BCUT2D eigenvalue weighted by Crippen LogP contribution is 2.27. The average molecular weight is 510 g/mol. The van der Waals surface area contributed by atoms with Gasteiger partial charge in [-0.05, 0) is 53.8 Å². The number of amides is 1. The molecule has 0 radical (unpaired) electrons. The fraction of sp³-hybridized carbons (Fsp3) is 0.290. The van der Waals surface area contributed by atoms with Crippen LogP contribution in [0.25, 0.3) is 27.0 Å². The molecule has 1 aliphatic rings. The first-order valence-corrected chi connectivity index (χ1v) is 14.0. The molecule has 1 fully saturated rings. The normalized spacial score (nSPS) is 15.5. The number of imidazole rings is 1. The van der Waals surface area contributed by atoms with Crippen molar-refractivity contribution in [3.63, 3.8) is 0 Å². The molecule has 5 nitrogen and oxygen atoms in total. The number of nitrogens with zero attached hydrogens (tertiary/aromatic N) is 3. The van der Waals surface area contributed by atoms with E-state index in [0.717, 1.165) is 54.1 Å². The molecule has 1 aliphatic heterocycles. The summed E-state index contributed by atoms with van der Waals surface area (Å²) < 4.78 is 8.07. The van der Waals surface area contributed by atoms with Gasteiger partial charge in [-0.1, -0.05) is 55.5 Å². The number of rotatable bonds is 8. The largest absolute Gasteiger partial charge is 0.376 e. The highest BCUT2D eigenvalue weighted by Gasteiger charge is 2.24. The number of benzene rings is 3. The van der Waals surface area contributed by atoms with Crippen molar-refractivity contribution in [1.82, 2.24) is 14.3 Å². The van der Waals surface area contributed by atoms with Crippen LogP contribution in [0.2, 0.25) is 0 Å². The number of aromatic nitrogens is 2. The summed E-state index contributed by atoms with van der Waals surface area (Å²) in [5.41, 5.74) is 5.25. The molecule has 37 heavy (non-hydrogen) atoms. The number of carbonyl (C=O) groups excluding carboxylic acids is 1. The van der Waals surface area contributed by atoms with Crippen LogP contribution in [0.4, 0.5) is 0 Å². The maximum atomic E-state index is 13.5. The topological polar surface area (TPSA) is 46.8 Å². The Balaban J connectivity index is 1.22. The summed E-state index contributed by atoms with van der Waals surface area (Å²) in [5.74, 6) is 0.0760. The zero-order valence-corrected chi connectivity index (χ0v) is 21.9. The highest BCUT2D eigenvalue weighted by molar-refractivity contribution is 7.15. The Morgan fingerprint density at radius 3 is 2.73 bits per heavy atom. The van der Waals surface area contributed by atoms with Crippen LogP contribution in [-0.2, 0) is 17.6 Å². The molecule has 1 amide bonds. The van der Waals surface area contributed by atoms with Crippen LogP contribution in [-0.4, -0.2) is 46.0 Å². The van der Waals surface area contributed by atoms with Crippen molar-refractivity contribution in [3.8, 4) is 11.3 Å². The summed E-state index contributed by atoms with van der Waals surface area (Å²) in [6, 6.07) is 22.9. The summed E-state index contributed by atoms with van der Waals surface area (Å²) in [7, 11) is 0. The maximum Gasteiger partial charge on any atom is 0.253 e. The van der Waals surface area contributed by atoms with E-state index in [1.807, 2.05) is 17.0 Å². The quantitative estimate of drug-likeness (QED) is 0.235. The predicted octanol–water partition coefficient (Wildman–Crippen LogP) is 6.64. The lowest BCUT2D eigenvalue weighted by Crippen LogP contribution is -2.38. The molecule has 188 valence electrons. The number of carbonyl (C=O) groups is 1. The van der Waals surface area contributed by atoms with Crippen LogP contribution in [0.3, 0.4) is 0 Å². The Morgan fingerprint density at radius 1 is 1.11 bits per heavy atom. The van der Waals surface area contributed by atoms with Gasteiger partial charge in [-0.2, -0.15) is 0 Å². The van der Waals surface area contributed by atoms with Gasteiger partial charge in [-0.25, -0.2) is 4.98 Å². The zero-order valence-electron chi connectivity index (χ0n) is 21.1. The SMILES string of the molecule is CCc1ccc(C(=O)N(CCc2csc3nc(-c4ccc5ccccc5c4)cn23)CC2CCCO2)cc1. The first-order valence-electron chi connectivity index (χ1n) is 13.1. The molecule has 5 aromatic rings. The van der Waals surface area contributed by atoms with Crippen molar-refractivity contribution in [2.45, 2.75) is 38.7 Å². The number of aryl methyl sites for hydroxylation is 1. The van der Waals surface area contributed by atoms with Crippen molar-refractivity contribution in [2.75, 3.05) is 19.7 Å². The van der Waals surface area contributed by atoms with Crippen molar-refractivity contribution in [3.05, 3.63) is 95.1 Å². The van der Waals surface area contributed by atoms with Gasteiger partial charge in [0.1, 0.15) is 0 Å². The molecular formula is C31H31N3O2S. The van der Waals surface area contributed by atoms with E-state index in [-0.39, 0.29) is 12.0 Å². The molecule has 0 bridgehead atoms. The van der Waals surface area contributed by atoms with Gasteiger partial charge in [0.15, 0.2) is 4.96 Å². The molecule has 0 aliphatic carbocycles. The first kappa shape index (κ1) is 23.9. The van der Waals surface area contributed by atoms with Gasteiger partial charge in [0.25, 0.3) is 5.91 Å². The van der Waals surface area contributed by atoms with E-state index in [4.69, 9.17) is 9.72 Å². The van der Waals surface area contributed by atoms with Gasteiger partial charge >= 0.3 is 0 Å². The molecule has 1 atom stereocenters. The molecule has 6 rings (SSSR count). The molecule has 1 saturated heterocycles. The van der Waals surface area contributed by atoms with Crippen molar-refractivity contribution in [2.24, 2.45) is 0 Å². The Labute approximate surface area is 221 Å². The van der Waals surface area contributed by atoms with E-state index in [2.05, 4.69) is 77.5 Å². The minimum absolute atomic E-state index is 0.0760. The van der Waals surface area contributed by atoms with Crippen LogP contribution >= 0.6 is 11.3 Å². The Morgan fingerprint density at radius 2 is 1.95 bits per heavy atom. The van der Waals surface area contributed by atoms with Crippen LogP contribution in [0, 0.1) is 0 Å². The van der Waals surface area contributed by atoms with Crippen LogP contribution < -0.4 is 0 Å². The molecule has 0 N–H and O–H groups in total. The van der Waals surface area contributed by atoms with Crippen LogP contribution in [0.15, 0.2) is 78.3 Å². The zero-order chi connectivity index (χ0) is 25.2. The number of ether oxygens (including phenoxy) is 1.